The summed E-state index contributed by atoms with van der Waals surface area (Å²) in [5.41, 5.74) is 8.64. The van der Waals surface area contributed by atoms with E-state index in [4.69, 9.17) is 10.5 Å². The van der Waals surface area contributed by atoms with Gasteiger partial charge in [-0.1, -0.05) is 0 Å². The maximum Gasteiger partial charge on any atom is 0.167 e. The highest BCUT2D eigenvalue weighted by atomic mass is 79.9. The third kappa shape index (κ3) is 2.80. The van der Waals surface area contributed by atoms with Gasteiger partial charge in [-0.3, -0.25) is 4.68 Å². The summed E-state index contributed by atoms with van der Waals surface area (Å²) in [5, 5.41) is 4.37. The number of nitrogen functional groups attached to an aromatic ring is 1. The van der Waals surface area contributed by atoms with E-state index >= 15 is 0 Å². The van der Waals surface area contributed by atoms with E-state index in [0.717, 1.165) is 28.0 Å². The first kappa shape index (κ1) is 14.8. The molecule has 0 amide bonds. The van der Waals surface area contributed by atoms with Crippen LogP contribution >= 0.6 is 15.9 Å². The Morgan fingerprint density at radius 2 is 2.10 bits per heavy atom. The second kappa shape index (κ2) is 5.83. The maximum atomic E-state index is 13.8. The van der Waals surface area contributed by atoms with Crippen molar-refractivity contribution in [3.05, 3.63) is 39.4 Å². The van der Waals surface area contributed by atoms with Gasteiger partial charge >= 0.3 is 0 Å². The predicted molar refractivity (Wildman–Crippen MR) is 80.2 cm³/mol. The first-order valence-electron chi connectivity index (χ1n) is 6.34. The number of hydrogen-bond acceptors (Lipinski definition) is 3. The minimum absolute atomic E-state index is 0.199. The minimum atomic E-state index is -0.455. The lowest BCUT2D eigenvalue weighted by Gasteiger charge is -2.11. The number of nitrogens with zero attached hydrogens (tertiary/aromatic N) is 2. The molecule has 0 unspecified atom stereocenters. The van der Waals surface area contributed by atoms with Gasteiger partial charge in [0.15, 0.2) is 11.6 Å². The maximum absolute atomic E-state index is 13.8. The van der Waals surface area contributed by atoms with Crippen LogP contribution < -0.4 is 10.5 Å². The zero-order chi connectivity index (χ0) is 14.9. The van der Waals surface area contributed by atoms with Gasteiger partial charge < -0.3 is 10.5 Å². The van der Waals surface area contributed by atoms with Crippen LogP contribution in [0.1, 0.15) is 23.9 Å². The number of hydrogen-bond donors (Lipinski definition) is 1. The molecule has 1 aromatic carbocycles. The van der Waals surface area contributed by atoms with Gasteiger partial charge in [0.05, 0.1) is 15.9 Å². The first-order valence-corrected chi connectivity index (χ1v) is 7.13. The Kier molecular flexibility index (Phi) is 4.32. The molecule has 2 rings (SSSR count). The molecule has 0 aliphatic heterocycles. The zero-order valence-electron chi connectivity index (χ0n) is 11.7. The summed E-state index contributed by atoms with van der Waals surface area (Å²) in [6.45, 7) is 6.70. The van der Waals surface area contributed by atoms with Crippen molar-refractivity contribution in [2.24, 2.45) is 0 Å². The van der Waals surface area contributed by atoms with Crippen molar-refractivity contribution in [2.75, 3.05) is 5.73 Å². The second-order valence-electron chi connectivity index (χ2n) is 4.59. The van der Waals surface area contributed by atoms with Crippen LogP contribution in [0.2, 0.25) is 0 Å². The number of anilines is 1. The smallest absolute Gasteiger partial charge is 0.167 e. The zero-order valence-corrected chi connectivity index (χ0v) is 13.3. The molecule has 2 N–H and O–H groups in total. The molecule has 0 atom stereocenters. The summed E-state index contributed by atoms with van der Waals surface area (Å²) in [5.74, 6) is -0.256. The van der Waals surface area contributed by atoms with Crippen molar-refractivity contribution in [2.45, 2.75) is 33.9 Å². The van der Waals surface area contributed by atoms with Crippen LogP contribution in [0.5, 0.6) is 5.75 Å². The normalized spacial score (nSPS) is 10.8. The van der Waals surface area contributed by atoms with Crippen molar-refractivity contribution in [1.82, 2.24) is 9.78 Å². The first-order chi connectivity index (χ1) is 9.43. The van der Waals surface area contributed by atoms with Crippen LogP contribution in [0.15, 0.2) is 16.6 Å². The van der Waals surface area contributed by atoms with E-state index in [1.807, 2.05) is 25.5 Å². The molecule has 1 heterocycles. The lowest BCUT2D eigenvalue weighted by Crippen LogP contribution is -2.07. The number of aromatic nitrogens is 2. The Morgan fingerprint density at radius 1 is 1.40 bits per heavy atom. The highest BCUT2D eigenvalue weighted by Gasteiger charge is 2.14. The Balaban J connectivity index is 2.23. The number of aryl methyl sites for hydroxylation is 3. The third-order valence-electron chi connectivity index (χ3n) is 3.14. The van der Waals surface area contributed by atoms with Crippen LogP contribution in [0.4, 0.5) is 10.1 Å². The van der Waals surface area contributed by atoms with E-state index in [1.54, 1.807) is 6.07 Å². The van der Waals surface area contributed by atoms with Gasteiger partial charge in [0.1, 0.15) is 6.61 Å². The number of benzene rings is 1. The molecule has 0 spiro atoms. The van der Waals surface area contributed by atoms with Gasteiger partial charge in [0.2, 0.25) is 0 Å². The monoisotopic (exact) mass is 341 g/mol. The van der Waals surface area contributed by atoms with Crippen molar-refractivity contribution >= 4 is 21.6 Å². The molecule has 0 fully saturated rings. The highest BCUT2D eigenvalue weighted by Crippen LogP contribution is 2.26. The van der Waals surface area contributed by atoms with Crippen molar-refractivity contribution in [3.63, 3.8) is 0 Å². The molecule has 2 aromatic rings. The summed E-state index contributed by atoms with van der Waals surface area (Å²) >= 11 is 3.48. The molecule has 0 aliphatic carbocycles. The number of ether oxygens (including phenoxy) is 1. The van der Waals surface area contributed by atoms with E-state index in [9.17, 15) is 4.39 Å². The Bertz CT molecular complexity index is 640. The van der Waals surface area contributed by atoms with Crippen molar-refractivity contribution in [1.29, 1.82) is 0 Å². The molecular formula is C14H17BrFN3O. The van der Waals surface area contributed by atoms with Crippen molar-refractivity contribution < 1.29 is 9.13 Å². The number of halogens is 2. The lowest BCUT2D eigenvalue weighted by atomic mass is 10.2. The van der Waals surface area contributed by atoms with Gasteiger partial charge in [-0.05, 0) is 48.3 Å². The molecule has 108 valence electrons. The van der Waals surface area contributed by atoms with Crippen LogP contribution in [0.25, 0.3) is 0 Å². The number of rotatable bonds is 4. The van der Waals surface area contributed by atoms with Gasteiger partial charge in [0, 0.05) is 18.3 Å². The van der Waals surface area contributed by atoms with Gasteiger partial charge in [-0.15, -0.1) is 0 Å². The average molecular weight is 342 g/mol. The second-order valence-corrected chi connectivity index (χ2v) is 5.38. The van der Waals surface area contributed by atoms with Crippen LogP contribution in [0, 0.1) is 19.7 Å². The topological polar surface area (TPSA) is 53.1 Å². The van der Waals surface area contributed by atoms with E-state index in [0.29, 0.717) is 5.69 Å². The van der Waals surface area contributed by atoms with Gasteiger partial charge in [-0.2, -0.15) is 5.10 Å². The Hall–Kier alpha value is -1.56. The quantitative estimate of drug-likeness (QED) is 0.864. The van der Waals surface area contributed by atoms with E-state index < -0.39 is 5.82 Å². The van der Waals surface area contributed by atoms with E-state index in [2.05, 4.69) is 21.0 Å². The molecule has 0 saturated carbocycles. The molecule has 20 heavy (non-hydrogen) atoms. The fourth-order valence-electron chi connectivity index (χ4n) is 1.93. The molecule has 0 aliphatic rings. The van der Waals surface area contributed by atoms with Gasteiger partial charge in [-0.25, -0.2) is 4.39 Å². The Morgan fingerprint density at radius 3 is 2.75 bits per heavy atom. The molecule has 1 aromatic heterocycles. The molecular weight excluding hydrogens is 325 g/mol. The van der Waals surface area contributed by atoms with Crippen LogP contribution in [-0.4, -0.2) is 9.78 Å². The van der Waals surface area contributed by atoms with Crippen molar-refractivity contribution in [3.8, 4) is 5.75 Å². The average Bonchev–Trinajstić information content (AvgIpc) is 2.68. The predicted octanol–water partition coefficient (Wildman–Crippen LogP) is 3.58. The third-order valence-corrected chi connectivity index (χ3v) is 4.17. The molecule has 6 heteroatoms. The molecule has 0 bridgehead atoms. The lowest BCUT2D eigenvalue weighted by molar-refractivity contribution is 0.277. The fraction of sp³-hybridized carbons (Fsp3) is 0.357. The summed E-state index contributed by atoms with van der Waals surface area (Å²) < 4.78 is 22.1. The van der Waals surface area contributed by atoms with Crippen LogP contribution in [0.3, 0.4) is 0 Å². The number of nitrogens with two attached hydrogens (primary N) is 1. The van der Waals surface area contributed by atoms with E-state index in [-0.39, 0.29) is 12.4 Å². The fourth-order valence-corrected chi connectivity index (χ4v) is 2.33. The van der Waals surface area contributed by atoms with Crippen LogP contribution in [-0.2, 0) is 13.2 Å². The summed E-state index contributed by atoms with van der Waals surface area (Å²) in [6, 6.07) is 2.89. The summed E-state index contributed by atoms with van der Waals surface area (Å²) in [6.07, 6.45) is 0. The molecule has 4 nitrogen and oxygen atoms in total. The molecule has 0 radical (unpaired) electrons. The minimum Gasteiger partial charge on any atom is -0.484 e. The summed E-state index contributed by atoms with van der Waals surface area (Å²) in [7, 11) is 0. The summed E-state index contributed by atoms with van der Waals surface area (Å²) in [4.78, 5) is 0. The molecule has 0 saturated heterocycles. The standard InChI is InChI=1S/C14H17BrFN3O/c1-4-19-12(14(15)9(3)18-19)7-20-13-5-8(2)11(17)6-10(13)16/h5-6H,4,7,17H2,1-3H3. The van der Waals surface area contributed by atoms with Gasteiger partial charge in [0.25, 0.3) is 0 Å². The largest absolute Gasteiger partial charge is 0.484 e. The SMILES string of the molecule is CCn1nc(C)c(Br)c1COc1cc(C)c(N)cc1F. The highest BCUT2D eigenvalue weighted by molar-refractivity contribution is 9.10. The Labute approximate surface area is 125 Å². The van der Waals surface area contributed by atoms with E-state index in [1.165, 1.54) is 6.07 Å².